The molecule has 4 rings (SSSR count). The van der Waals surface area contributed by atoms with Crippen molar-refractivity contribution in [3.63, 3.8) is 0 Å². The van der Waals surface area contributed by atoms with Crippen LogP contribution in [-0.2, 0) is 20.6 Å². The minimum atomic E-state index is -1.25. The van der Waals surface area contributed by atoms with Crippen LogP contribution >= 0.6 is 11.8 Å². The Morgan fingerprint density at radius 3 is 2.48 bits per heavy atom. The summed E-state index contributed by atoms with van der Waals surface area (Å²) in [7, 11) is -1.25. The molecule has 40 heavy (non-hydrogen) atoms. The van der Waals surface area contributed by atoms with Gasteiger partial charge in [-0.25, -0.2) is 0 Å². The molecule has 1 aliphatic heterocycles. The number of ketones is 1. The number of carbonyl (C=O) groups excluding carboxylic acids is 2. The first kappa shape index (κ1) is 31.5. The zero-order valence-electron chi connectivity index (χ0n) is 24.2. The van der Waals surface area contributed by atoms with E-state index in [9.17, 15) is 14.4 Å². The number of allylic oxidation sites excluding steroid dienone is 2. The molecule has 1 atom stereocenters. The standard InChI is InChI=1S/C17H30O4SSi.C14H12N2O/c1-17(2,3)12-11-13(18)16(15(12)21-23(4)5)22-10-8-6-7-9-14(19)20;15-14(17)11-6-3-7-12-13(11)10-5-2-1-4-9(10)8-16-12/h12,23H,6-11H2,1-5H3,(H,19,20);1-7,16H,8H2,(H2,15,17). The number of carboxylic acid groups (broad SMARTS) is 1. The molecule has 9 heteroatoms. The number of hydrogen-bond donors (Lipinski definition) is 3. The topological polar surface area (TPSA) is 119 Å². The lowest BCUT2D eigenvalue weighted by atomic mass is 9.79. The molecule has 2 aromatic carbocycles. The van der Waals surface area contributed by atoms with Gasteiger partial charge in [0, 0.05) is 42.1 Å². The second kappa shape index (κ2) is 14.0. The number of unbranched alkanes of at least 4 members (excludes halogenated alkanes) is 2. The number of benzene rings is 2. The Kier molecular flexibility index (Phi) is 11.0. The molecule has 0 aromatic heterocycles. The Balaban J connectivity index is 0.000000229. The monoisotopic (exact) mass is 582 g/mol. The van der Waals surface area contributed by atoms with Gasteiger partial charge in [0.1, 0.15) is 5.76 Å². The SMILES string of the molecule is C[SiH](C)OC1=C(SCCCCCC(=O)O)C(=O)CC1C(C)(C)C.NC(=O)c1cccc2c1-c1ccccc1CN2. The van der Waals surface area contributed by atoms with Crippen molar-refractivity contribution < 1.29 is 23.9 Å². The van der Waals surface area contributed by atoms with Crippen LogP contribution in [0.2, 0.25) is 13.1 Å². The number of carbonyl (C=O) groups is 3. The van der Waals surface area contributed by atoms with Crippen molar-refractivity contribution in [3.05, 3.63) is 64.3 Å². The summed E-state index contributed by atoms with van der Waals surface area (Å²) in [6.07, 6.45) is 3.31. The van der Waals surface area contributed by atoms with Gasteiger partial charge >= 0.3 is 5.97 Å². The molecule has 0 saturated heterocycles. The molecule has 0 spiro atoms. The van der Waals surface area contributed by atoms with Gasteiger partial charge < -0.3 is 20.6 Å². The first-order chi connectivity index (χ1) is 18.9. The van der Waals surface area contributed by atoms with Gasteiger partial charge in [0.05, 0.1) is 4.91 Å². The average molecular weight is 583 g/mol. The van der Waals surface area contributed by atoms with Crippen LogP contribution in [0.1, 0.15) is 68.8 Å². The summed E-state index contributed by atoms with van der Waals surface area (Å²) in [6.45, 7) is 11.5. The number of nitrogens with one attached hydrogen (secondary N) is 1. The fraction of sp³-hybridized carbons (Fsp3) is 0.452. The number of primary amides is 1. The highest BCUT2D eigenvalue weighted by Gasteiger charge is 2.40. The lowest BCUT2D eigenvalue weighted by Crippen LogP contribution is -2.24. The van der Waals surface area contributed by atoms with Gasteiger partial charge in [-0.2, -0.15) is 0 Å². The van der Waals surface area contributed by atoms with E-state index < -0.39 is 15.0 Å². The number of carboxylic acids is 1. The van der Waals surface area contributed by atoms with Crippen LogP contribution < -0.4 is 11.1 Å². The zero-order chi connectivity index (χ0) is 29.4. The molecule has 0 saturated carbocycles. The summed E-state index contributed by atoms with van der Waals surface area (Å²) in [6, 6.07) is 13.6. The molecule has 1 heterocycles. The molecule has 1 amide bonds. The molecule has 216 valence electrons. The number of nitrogens with two attached hydrogens (primary N) is 1. The van der Waals surface area contributed by atoms with Crippen LogP contribution in [0.25, 0.3) is 11.1 Å². The minimum absolute atomic E-state index is 0.0259. The van der Waals surface area contributed by atoms with Crippen LogP contribution in [0.5, 0.6) is 0 Å². The summed E-state index contributed by atoms with van der Waals surface area (Å²) in [4.78, 5) is 35.2. The van der Waals surface area contributed by atoms with E-state index in [1.54, 1.807) is 17.8 Å². The fourth-order valence-electron chi connectivity index (χ4n) is 4.94. The molecular formula is C31H42N2O5SSi. The van der Waals surface area contributed by atoms with E-state index in [2.05, 4.69) is 45.2 Å². The van der Waals surface area contributed by atoms with Gasteiger partial charge in [0.25, 0.3) is 0 Å². The van der Waals surface area contributed by atoms with Gasteiger partial charge in [-0.1, -0.05) is 57.5 Å². The Bertz CT molecular complexity index is 1270. The molecule has 1 unspecified atom stereocenters. The molecule has 4 N–H and O–H groups in total. The van der Waals surface area contributed by atoms with E-state index in [0.717, 1.165) is 52.6 Å². The smallest absolute Gasteiger partial charge is 0.303 e. The molecule has 7 nitrogen and oxygen atoms in total. The molecule has 2 aliphatic rings. The number of anilines is 1. The first-order valence-corrected chi connectivity index (χ1v) is 17.7. The van der Waals surface area contributed by atoms with E-state index in [-0.39, 0.29) is 29.4 Å². The predicted molar refractivity (Wildman–Crippen MR) is 166 cm³/mol. The van der Waals surface area contributed by atoms with E-state index in [1.165, 1.54) is 5.56 Å². The van der Waals surface area contributed by atoms with Gasteiger partial charge in [-0.3, -0.25) is 14.4 Å². The van der Waals surface area contributed by atoms with E-state index in [1.807, 2.05) is 30.3 Å². The third-order valence-electron chi connectivity index (χ3n) is 6.96. The maximum Gasteiger partial charge on any atom is 0.303 e. The summed E-state index contributed by atoms with van der Waals surface area (Å²) < 4.78 is 6.14. The summed E-state index contributed by atoms with van der Waals surface area (Å²) in [5.41, 5.74) is 10.2. The number of fused-ring (bicyclic) bond motifs is 3. The van der Waals surface area contributed by atoms with Crippen molar-refractivity contribution in [1.29, 1.82) is 0 Å². The predicted octanol–water partition coefficient (Wildman–Crippen LogP) is 6.59. The quantitative estimate of drug-likeness (QED) is 0.214. The third-order valence-corrected chi connectivity index (χ3v) is 8.89. The highest BCUT2D eigenvalue weighted by Crippen LogP contribution is 2.45. The van der Waals surface area contributed by atoms with E-state index in [0.29, 0.717) is 18.4 Å². The van der Waals surface area contributed by atoms with Crippen LogP contribution in [0.15, 0.2) is 53.1 Å². The van der Waals surface area contributed by atoms with Crippen molar-refractivity contribution >= 4 is 44.1 Å². The van der Waals surface area contributed by atoms with Crippen molar-refractivity contribution in [2.45, 2.75) is 72.5 Å². The molecule has 0 radical (unpaired) electrons. The number of thioether (sulfide) groups is 1. The van der Waals surface area contributed by atoms with Crippen LogP contribution in [0.4, 0.5) is 5.69 Å². The second-order valence-electron chi connectivity index (χ2n) is 11.6. The summed E-state index contributed by atoms with van der Waals surface area (Å²) in [5.74, 6) is 1.05. The first-order valence-electron chi connectivity index (χ1n) is 13.9. The highest BCUT2D eigenvalue weighted by molar-refractivity contribution is 8.04. The maximum absolute atomic E-state index is 12.4. The van der Waals surface area contributed by atoms with Gasteiger partial charge in [0.2, 0.25) is 14.9 Å². The molecule has 1 aliphatic carbocycles. The number of amides is 1. The summed E-state index contributed by atoms with van der Waals surface area (Å²) >= 11 is 1.60. The van der Waals surface area contributed by atoms with Crippen molar-refractivity contribution in [2.24, 2.45) is 17.1 Å². The number of hydrogen-bond acceptors (Lipinski definition) is 6. The Morgan fingerprint density at radius 2 is 1.82 bits per heavy atom. The average Bonchev–Trinajstić information content (AvgIpc) is 3.20. The van der Waals surface area contributed by atoms with E-state index >= 15 is 0 Å². The van der Waals surface area contributed by atoms with Gasteiger partial charge in [-0.05, 0) is 60.4 Å². The number of aliphatic carboxylic acids is 1. The normalized spacial score (nSPS) is 16.1. The van der Waals surface area contributed by atoms with E-state index in [4.69, 9.17) is 15.3 Å². The maximum atomic E-state index is 12.4. The van der Waals surface area contributed by atoms with Crippen LogP contribution in [-0.4, -0.2) is 37.6 Å². The van der Waals surface area contributed by atoms with Gasteiger partial charge in [0.15, 0.2) is 5.78 Å². The highest BCUT2D eigenvalue weighted by atomic mass is 32.2. The lowest BCUT2D eigenvalue weighted by Gasteiger charge is -2.30. The number of Topliss-reactive ketones (excluding diaryl/α,β-unsaturated/α-hetero) is 1. The molecule has 0 bridgehead atoms. The van der Waals surface area contributed by atoms with Gasteiger partial charge in [-0.15, -0.1) is 11.8 Å². The van der Waals surface area contributed by atoms with Crippen molar-refractivity contribution in [1.82, 2.24) is 0 Å². The molecule has 0 fully saturated rings. The largest absolute Gasteiger partial charge is 0.549 e. The Hall–Kier alpha value is -3.04. The minimum Gasteiger partial charge on any atom is -0.549 e. The second-order valence-corrected chi connectivity index (χ2v) is 15.0. The summed E-state index contributed by atoms with van der Waals surface area (Å²) in [5, 5.41) is 11.9. The van der Waals surface area contributed by atoms with Crippen LogP contribution in [0, 0.1) is 11.3 Å². The Labute approximate surface area is 243 Å². The van der Waals surface area contributed by atoms with Crippen molar-refractivity contribution in [3.8, 4) is 11.1 Å². The zero-order valence-corrected chi connectivity index (χ0v) is 26.2. The Morgan fingerprint density at radius 1 is 1.10 bits per heavy atom. The lowest BCUT2D eigenvalue weighted by molar-refractivity contribution is -0.137. The van der Waals surface area contributed by atoms with Crippen LogP contribution in [0.3, 0.4) is 0 Å². The van der Waals surface area contributed by atoms with Crippen molar-refractivity contribution in [2.75, 3.05) is 11.1 Å². The molecular weight excluding hydrogens is 541 g/mol. The fourth-order valence-corrected chi connectivity index (χ4v) is 6.95. The number of rotatable bonds is 10. The third kappa shape index (κ3) is 8.24. The molecule has 2 aromatic rings.